The molecule has 0 aliphatic carbocycles. The SMILES string of the molecule is CC(C)NC[C@H](O)COc1cccc2cc([C@H](C)O)oc12. The molecule has 2 aromatic rings. The maximum absolute atomic E-state index is 9.87. The molecule has 0 bridgehead atoms. The van der Waals surface area contributed by atoms with Gasteiger partial charge in [-0.25, -0.2) is 0 Å². The molecule has 116 valence electrons. The number of ether oxygens (including phenoxy) is 1. The lowest BCUT2D eigenvalue weighted by Gasteiger charge is -2.15. The van der Waals surface area contributed by atoms with Gasteiger partial charge in [-0.2, -0.15) is 0 Å². The smallest absolute Gasteiger partial charge is 0.176 e. The summed E-state index contributed by atoms with van der Waals surface area (Å²) in [4.78, 5) is 0. The molecule has 1 heterocycles. The highest BCUT2D eigenvalue weighted by Gasteiger charge is 2.13. The van der Waals surface area contributed by atoms with E-state index in [4.69, 9.17) is 9.15 Å². The molecule has 21 heavy (non-hydrogen) atoms. The van der Waals surface area contributed by atoms with Gasteiger partial charge >= 0.3 is 0 Å². The predicted octanol–water partition coefficient (Wildman–Crippen LogP) is 2.22. The molecule has 0 spiro atoms. The van der Waals surface area contributed by atoms with Crippen LogP contribution in [0.15, 0.2) is 28.7 Å². The highest BCUT2D eigenvalue weighted by Crippen LogP contribution is 2.31. The van der Waals surface area contributed by atoms with Crippen molar-refractivity contribution in [1.82, 2.24) is 5.32 Å². The summed E-state index contributed by atoms with van der Waals surface area (Å²) in [7, 11) is 0. The van der Waals surface area contributed by atoms with Crippen LogP contribution in [0.4, 0.5) is 0 Å². The van der Waals surface area contributed by atoms with E-state index in [9.17, 15) is 10.2 Å². The maximum Gasteiger partial charge on any atom is 0.176 e. The van der Waals surface area contributed by atoms with E-state index >= 15 is 0 Å². The summed E-state index contributed by atoms with van der Waals surface area (Å²) in [5, 5.41) is 23.5. The second-order valence-corrected chi connectivity index (χ2v) is 5.53. The molecule has 0 fully saturated rings. The molecular formula is C16H23NO4. The Labute approximate surface area is 124 Å². The molecule has 2 atom stereocenters. The van der Waals surface area contributed by atoms with Crippen LogP contribution in [0.25, 0.3) is 11.0 Å². The van der Waals surface area contributed by atoms with Crippen molar-refractivity contribution >= 4 is 11.0 Å². The first-order chi connectivity index (χ1) is 9.97. The molecule has 0 aliphatic rings. The molecule has 2 rings (SSSR count). The Kier molecular flexibility index (Phi) is 5.22. The number of aliphatic hydroxyl groups excluding tert-OH is 2. The van der Waals surface area contributed by atoms with Gasteiger partial charge in [0.05, 0.1) is 0 Å². The summed E-state index contributed by atoms with van der Waals surface area (Å²) in [6.07, 6.45) is -1.25. The van der Waals surface area contributed by atoms with Gasteiger partial charge in [0, 0.05) is 18.0 Å². The number of benzene rings is 1. The van der Waals surface area contributed by atoms with Gasteiger partial charge in [-0.15, -0.1) is 0 Å². The van der Waals surface area contributed by atoms with Gasteiger partial charge in [0.25, 0.3) is 0 Å². The summed E-state index contributed by atoms with van der Waals surface area (Å²) in [5.41, 5.74) is 0.595. The number of furan rings is 1. The molecule has 5 nitrogen and oxygen atoms in total. The number of aliphatic hydroxyl groups is 2. The van der Waals surface area contributed by atoms with E-state index in [1.807, 2.05) is 26.0 Å². The van der Waals surface area contributed by atoms with Crippen LogP contribution in [-0.4, -0.2) is 35.5 Å². The lowest BCUT2D eigenvalue weighted by Crippen LogP contribution is -2.35. The monoisotopic (exact) mass is 293 g/mol. The predicted molar refractivity (Wildman–Crippen MR) is 81.5 cm³/mol. The number of hydrogen-bond acceptors (Lipinski definition) is 5. The Morgan fingerprint density at radius 3 is 2.67 bits per heavy atom. The zero-order valence-corrected chi connectivity index (χ0v) is 12.7. The number of para-hydroxylation sites is 1. The fourth-order valence-corrected chi connectivity index (χ4v) is 1.99. The van der Waals surface area contributed by atoms with Crippen molar-refractivity contribution in [3.8, 4) is 5.75 Å². The highest BCUT2D eigenvalue weighted by molar-refractivity contribution is 5.83. The molecule has 0 saturated carbocycles. The summed E-state index contributed by atoms with van der Waals surface area (Å²) >= 11 is 0. The van der Waals surface area contributed by atoms with Gasteiger partial charge in [-0.1, -0.05) is 26.0 Å². The second-order valence-electron chi connectivity index (χ2n) is 5.53. The Hall–Kier alpha value is -1.56. The Bertz CT molecular complexity index is 577. The zero-order chi connectivity index (χ0) is 15.4. The Morgan fingerprint density at radius 2 is 2.00 bits per heavy atom. The molecule has 1 aromatic heterocycles. The third-order valence-electron chi connectivity index (χ3n) is 3.13. The van der Waals surface area contributed by atoms with E-state index in [0.29, 0.717) is 29.7 Å². The summed E-state index contributed by atoms with van der Waals surface area (Å²) in [5.74, 6) is 1.08. The lowest BCUT2D eigenvalue weighted by molar-refractivity contribution is 0.104. The third kappa shape index (κ3) is 4.20. The summed E-state index contributed by atoms with van der Waals surface area (Å²) < 4.78 is 11.3. The molecular weight excluding hydrogens is 270 g/mol. The molecule has 5 heteroatoms. The standard InChI is InChI=1S/C16H23NO4/c1-10(2)17-8-13(19)9-20-14-6-4-5-12-7-15(11(3)18)21-16(12)14/h4-7,10-11,13,17-19H,8-9H2,1-3H3/t11-,13-/m0/s1. The summed E-state index contributed by atoms with van der Waals surface area (Å²) in [6.45, 7) is 6.36. The van der Waals surface area contributed by atoms with Crippen molar-refractivity contribution < 1.29 is 19.4 Å². The van der Waals surface area contributed by atoms with E-state index in [0.717, 1.165) is 5.39 Å². The van der Waals surface area contributed by atoms with E-state index in [1.165, 1.54) is 0 Å². The van der Waals surface area contributed by atoms with Crippen LogP contribution < -0.4 is 10.1 Å². The third-order valence-corrected chi connectivity index (χ3v) is 3.13. The van der Waals surface area contributed by atoms with Crippen molar-refractivity contribution in [2.75, 3.05) is 13.2 Å². The van der Waals surface area contributed by atoms with Gasteiger partial charge in [0.2, 0.25) is 0 Å². The van der Waals surface area contributed by atoms with Crippen LogP contribution >= 0.6 is 0 Å². The quantitative estimate of drug-likeness (QED) is 0.730. The average Bonchev–Trinajstić information content (AvgIpc) is 2.87. The zero-order valence-electron chi connectivity index (χ0n) is 12.7. The van der Waals surface area contributed by atoms with Crippen molar-refractivity contribution in [2.45, 2.75) is 39.0 Å². The minimum absolute atomic E-state index is 0.184. The van der Waals surface area contributed by atoms with E-state index in [-0.39, 0.29) is 6.61 Å². The molecule has 3 N–H and O–H groups in total. The van der Waals surface area contributed by atoms with E-state index < -0.39 is 12.2 Å². The molecule has 0 amide bonds. The topological polar surface area (TPSA) is 74.9 Å². The van der Waals surface area contributed by atoms with Crippen LogP contribution in [0.2, 0.25) is 0 Å². The van der Waals surface area contributed by atoms with Crippen molar-refractivity contribution in [1.29, 1.82) is 0 Å². The highest BCUT2D eigenvalue weighted by atomic mass is 16.5. The first kappa shape index (κ1) is 15.8. The fraction of sp³-hybridized carbons (Fsp3) is 0.500. The molecule has 0 unspecified atom stereocenters. The lowest BCUT2D eigenvalue weighted by atomic mass is 10.2. The second kappa shape index (κ2) is 6.93. The number of fused-ring (bicyclic) bond motifs is 1. The fourth-order valence-electron chi connectivity index (χ4n) is 1.99. The molecule has 1 aromatic carbocycles. The molecule has 0 radical (unpaired) electrons. The van der Waals surface area contributed by atoms with Crippen molar-refractivity contribution in [2.24, 2.45) is 0 Å². The van der Waals surface area contributed by atoms with Gasteiger partial charge in [0.15, 0.2) is 11.3 Å². The van der Waals surface area contributed by atoms with Gasteiger partial charge in [0.1, 0.15) is 24.6 Å². The van der Waals surface area contributed by atoms with E-state index in [1.54, 1.807) is 19.1 Å². The molecule has 0 saturated heterocycles. The van der Waals surface area contributed by atoms with Crippen molar-refractivity contribution in [3.63, 3.8) is 0 Å². The maximum atomic E-state index is 9.87. The van der Waals surface area contributed by atoms with Crippen molar-refractivity contribution in [3.05, 3.63) is 30.0 Å². The average molecular weight is 293 g/mol. The van der Waals surface area contributed by atoms with Gasteiger partial charge in [-0.3, -0.25) is 0 Å². The number of rotatable bonds is 7. The number of nitrogens with one attached hydrogen (secondary N) is 1. The first-order valence-corrected chi connectivity index (χ1v) is 7.22. The van der Waals surface area contributed by atoms with Crippen LogP contribution in [0.3, 0.4) is 0 Å². The van der Waals surface area contributed by atoms with Gasteiger partial charge < -0.3 is 24.7 Å². The van der Waals surface area contributed by atoms with Crippen LogP contribution in [0, 0.1) is 0 Å². The van der Waals surface area contributed by atoms with Crippen LogP contribution in [0.1, 0.15) is 32.6 Å². The summed E-state index contributed by atoms with van der Waals surface area (Å²) in [6, 6.07) is 7.66. The Balaban J connectivity index is 2.04. The largest absolute Gasteiger partial charge is 0.487 e. The van der Waals surface area contributed by atoms with Crippen LogP contribution in [-0.2, 0) is 0 Å². The number of hydrogen-bond donors (Lipinski definition) is 3. The minimum atomic E-state index is -0.661. The Morgan fingerprint density at radius 1 is 1.24 bits per heavy atom. The molecule has 0 aliphatic heterocycles. The normalized spacial score (nSPS) is 14.6. The van der Waals surface area contributed by atoms with E-state index in [2.05, 4.69) is 5.32 Å². The van der Waals surface area contributed by atoms with Gasteiger partial charge in [-0.05, 0) is 19.1 Å². The van der Waals surface area contributed by atoms with Crippen LogP contribution in [0.5, 0.6) is 5.75 Å². The first-order valence-electron chi connectivity index (χ1n) is 7.22. The minimum Gasteiger partial charge on any atom is -0.487 e.